The lowest BCUT2D eigenvalue weighted by Crippen LogP contribution is -2.20. The molecule has 0 aromatic heterocycles. The van der Waals surface area contributed by atoms with E-state index in [1.807, 2.05) is 0 Å². The molecule has 1 aromatic rings. The van der Waals surface area contributed by atoms with E-state index in [-0.39, 0.29) is 12.2 Å². The lowest BCUT2D eigenvalue weighted by Gasteiger charge is -2.13. The Morgan fingerprint density at radius 3 is 2.61 bits per heavy atom. The average molecular weight is 259 g/mol. The van der Waals surface area contributed by atoms with Crippen LogP contribution in [0.1, 0.15) is 22.8 Å². The van der Waals surface area contributed by atoms with Gasteiger partial charge in [-0.3, -0.25) is 0 Å². The first kappa shape index (κ1) is 13.8. The van der Waals surface area contributed by atoms with E-state index in [0.717, 1.165) is 6.07 Å². The summed E-state index contributed by atoms with van der Waals surface area (Å²) in [5, 5.41) is 8.76. The van der Waals surface area contributed by atoms with Gasteiger partial charge >= 0.3 is 12.3 Å². The standard InChI is InChI=1S/C11H8F3NO3/c1-2-17-10(16)9-7(6-15)4-3-5-8(9)18-11(12,13)14/h3-5H,2H2,1H3. The Bertz CT molecular complexity index is 491. The molecule has 0 saturated heterocycles. The van der Waals surface area contributed by atoms with Gasteiger partial charge in [-0.2, -0.15) is 5.26 Å². The van der Waals surface area contributed by atoms with Crippen LogP contribution in [0.25, 0.3) is 0 Å². The summed E-state index contributed by atoms with van der Waals surface area (Å²) >= 11 is 0. The molecule has 0 radical (unpaired) electrons. The first-order valence-electron chi connectivity index (χ1n) is 4.85. The molecule has 0 unspecified atom stereocenters. The summed E-state index contributed by atoms with van der Waals surface area (Å²) in [5.41, 5.74) is -0.769. The van der Waals surface area contributed by atoms with Crippen molar-refractivity contribution < 1.29 is 27.4 Å². The van der Waals surface area contributed by atoms with Crippen LogP contribution in [-0.2, 0) is 4.74 Å². The third-order valence-electron chi connectivity index (χ3n) is 1.85. The number of benzene rings is 1. The molecule has 0 heterocycles. The Morgan fingerprint density at radius 2 is 2.11 bits per heavy atom. The molecular weight excluding hydrogens is 251 g/mol. The third kappa shape index (κ3) is 3.38. The van der Waals surface area contributed by atoms with Crippen molar-refractivity contribution in [2.24, 2.45) is 0 Å². The molecule has 7 heteroatoms. The molecule has 0 aliphatic heterocycles. The molecule has 0 spiro atoms. The van der Waals surface area contributed by atoms with Gasteiger partial charge in [0.25, 0.3) is 0 Å². The van der Waals surface area contributed by atoms with E-state index in [4.69, 9.17) is 5.26 Å². The zero-order valence-corrected chi connectivity index (χ0v) is 9.25. The molecule has 96 valence electrons. The smallest absolute Gasteiger partial charge is 0.462 e. The molecule has 0 amide bonds. The lowest BCUT2D eigenvalue weighted by atomic mass is 10.1. The number of esters is 1. The van der Waals surface area contributed by atoms with Crippen LogP contribution in [-0.4, -0.2) is 18.9 Å². The molecule has 1 aromatic carbocycles. The van der Waals surface area contributed by atoms with Crippen LogP contribution in [0.3, 0.4) is 0 Å². The van der Waals surface area contributed by atoms with E-state index in [0.29, 0.717) is 0 Å². The van der Waals surface area contributed by atoms with Crippen molar-refractivity contribution in [2.45, 2.75) is 13.3 Å². The number of hydrogen-bond donors (Lipinski definition) is 0. The van der Waals surface area contributed by atoms with Gasteiger partial charge in [0.15, 0.2) is 0 Å². The molecular formula is C11H8F3NO3. The number of halogens is 3. The van der Waals surface area contributed by atoms with Crippen LogP contribution in [0.5, 0.6) is 5.75 Å². The molecule has 0 aliphatic carbocycles. The molecule has 0 N–H and O–H groups in total. The number of hydrogen-bond acceptors (Lipinski definition) is 4. The number of ether oxygens (including phenoxy) is 2. The molecule has 0 fully saturated rings. The average Bonchev–Trinajstić information content (AvgIpc) is 2.26. The summed E-state index contributed by atoms with van der Waals surface area (Å²) in [4.78, 5) is 11.5. The normalized spacial score (nSPS) is 10.6. The summed E-state index contributed by atoms with van der Waals surface area (Å²) in [7, 11) is 0. The van der Waals surface area contributed by atoms with Crippen LogP contribution in [0.4, 0.5) is 13.2 Å². The van der Waals surface area contributed by atoms with Crippen LogP contribution in [0, 0.1) is 11.3 Å². The zero-order chi connectivity index (χ0) is 13.8. The summed E-state index contributed by atoms with van der Waals surface area (Å²) in [6, 6.07) is 4.94. The van der Waals surface area contributed by atoms with Gasteiger partial charge in [-0.05, 0) is 19.1 Å². The summed E-state index contributed by atoms with van der Waals surface area (Å²) in [6.07, 6.45) is -4.95. The van der Waals surface area contributed by atoms with Gasteiger partial charge in [0.05, 0.1) is 12.2 Å². The number of alkyl halides is 3. The fraction of sp³-hybridized carbons (Fsp3) is 0.273. The number of carbonyl (C=O) groups is 1. The Hall–Kier alpha value is -2.23. The van der Waals surface area contributed by atoms with Crippen molar-refractivity contribution in [3.05, 3.63) is 29.3 Å². The van der Waals surface area contributed by atoms with Crippen LogP contribution in [0.2, 0.25) is 0 Å². The predicted molar refractivity (Wildman–Crippen MR) is 53.8 cm³/mol. The highest BCUT2D eigenvalue weighted by Crippen LogP contribution is 2.29. The van der Waals surface area contributed by atoms with Gasteiger partial charge in [-0.25, -0.2) is 4.79 Å². The highest BCUT2D eigenvalue weighted by molar-refractivity contribution is 5.95. The monoisotopic (exact) mass is 259 g/mol. The van der Waals surface area contributed by atoms with Crippen molar-refractivity contribution >= 4 is 5.97 Å². The quantitative estimate of drug-likeness (QED) is 0.783. The maximum atomic E-state index is 12.1. The Morgan fingerprint density at radius 1 is 1.44 bits per heavy atom. The number of nitrogens with zero attached hydrogens (tertiary/aromatic N) is 1. The second-order valence-corrected chi connectivity index (χ2v) is 3.06. The summed E-state index contributed by atoms with van der Waals surface area (Å²) in [6.45, 7) is 1.47. The maximum absolute atomic E-state index is 12.1. The van der Waals surface area contributed by atoms with E-state index in [1.54, 1.807) is 6.07 Å². The van der Waals surface area contributed by atoms with E-state index in [2.05, 4.69) is 9.47 Å². The molecule has 18 heavy (non-hydrogen) atoms. The Kier molecular flexibility index (Phi) is 4.15. The third-order valence-corrected chi connectivity index (χ3v) is 1.85. The first-order chi connectivity index (χ1) is 8.39. The van der Waals surface area contributed by atoms with E-state index in [1.165, 1.54) is 19.1 Å². The van der Waals surface area contributed by atoms with Gasteiger partial charge in [0.2, 0.25) is 0 Å². The number of nitriles is 1. The van der Waals surface area contributed by atoms with E-state index < -0.39 is 23.6 Å². The van der Waals surface area contributed by atoms with Gasteiger partial charge in [0, 0.05) is 0 Å². The van der Waals surface area contributed by atoms with Gasteiger partial charge < -0.3 is 9.47 Å². The minimum atomic E-state index is -4.95. The molecule has 4 nitrogen and oxygen atoms in total. The Balaban J connectivity index is 3.26. The Labute approximate surface area is 101 Å². The van der Waals surface area contributed by atoms with Gasteiger partial charge in [0.1, 0.15) is 17.4 Å². The van der Waals surface area contributed by atoms with E-state index >= 15 is 0 Å². The van der Waals surface area contributed by atoms with E-state index in [9.17, 15) is 18.0 Å². The minimum absolute atomic E-state index is 0.0238. The van der Waals surface area contributed by atoms with Gasteiger partial charge in [-0.1, -0.05) is 6.07 Å². The summed E-state index contributed by atoms with van der Waals surface area (Å²) in [5.74, 6) is -1.78. The number of carbonyl (C=O) groups excluding carboxylic acids is 1. The SMILES string of the molecule is CCOC(=O)c1c(C#N)cccc1OC(F)(F)F. The van der Waals surface area contributed by atoms with Crippen molar-refractivity contribution in [2.75, 3.05) is 6.61 Å². The molecule has 0 atom stereocenters. The van der Waals surface area contributed by atoms with Crippen LogP contribution >= 0.6 is 0 Å². The molecule has 1 rings (SSSR count). The van der Waals surface area contributed by atoms with Gasteiger partial charge in [-0.15, -0.1) is 13.2 Å². The first-order valence-corrected chi connectivity index (χ1v) is 4.85. The molecule has 0 aliphatic rings. The number of rotatable bonds is 3. The highest BCUT2D eigenvalue weighted by Gasteiger charge is 2.34. The predicted octanol–water partition coefficient (Wildman–Crippen LogP) is 2.63. The largest absolute Gasteiger partial charge is 0.573 e. The topological polar surface area (TPSA) is 59.3 Å². The van der Waals surface area contributed by atoms with Crippen molar-refractivity contribution in [3.63, 3.8) is 0 Å². The second-order valence-electron chi connectivity index (χ2n) is 3.06. The maximum Gasteiger partial charge on any atom is 0.573 e. The zero-order valence-electron chi connectivity index (χ0n) is 9.25. The fourth-order valence-corrected chi connectivity index (χ4v) is 1.25. The highest BCUT2D eigenvalue weighted by atomic mass is 19.4. The second kappa shape index (κ2) is 5.40. The van der Waals surface area contributed by atoms with Crippen molar-refractivity contribution in [1.82, 2.24) is 0 Å². The van der Waals surface area contributed by atoms with Crippen molar-refractivity contribution in [1.29, 1.82) is 5.26 Å². The van der Waals surface area contributed by atoms with Crippen molar-refractivity contribution in [3.8, 4) is 11.8 Å². The van der Waals surface area contributed by atoms with Crippen LogP contribution in [0.15, 0.2) is 18.2 Å². The molecule has 0 bridgehead atoms. The summed E-state index contributed by atoms with van der Waals surface area (Å²) < 4.78 is 44.7. The molecule has 0 saturated carbocycles. The van der Waals surface area contributed by atoms with Crippen LogP contribution < -0.4 is 4.74 Å². The minimum Gasteiger partial charge on any atom is -0.462 e. The fourth-order valence-electron chi connectivity index (χ4n) is 1.25. The lowest BCUT2D eigenvalue weighted by molar-refractivity contribution is -0.274.